The van der Waals surface area contributed by atoms with Gasteiger partial charge in [-0.1, -0.05) is 0 Å². The van der Waals surface area contributed by atoms with Gasteiger partial charge in [0.05, 0.1) is 9.99 Å². The Labute approximate surface area is 152 Å². The minimum atomic E-state index is -4.75. The van der Waals surface area contributed by atoms with Crippen LogP contribution in [0.3, 0.4) is 0 Å². The molecule has 0 aliphatic rings. The number of nitrogens with zero attached hydrogens (tertiary/aromatic N) is 1. The van der Waals surface area contributed by atoms with Crippen molar-refractivity contribution < 1.29 is 22.3 Å². The molecule has 1 aromatic heterocycles. The van der Waals surface area contributed by atoms with Gasteiger partial charge in [-0.2, -0.15) is 0 Å². The lowest BCUT2D eigenvalue weighted by atomic mass is 10.3. The van der Waals surface area contributed by atoms with E-state index < -0.39 is 12.1 Å². The summed E-state index contributed by atoms with van der Waals surface area (Å²) in [4.78, 5) is 12.2. The summed E-state index contributed by atoms with van der Waals surface area (Å²) in [5.41, 5.74) is 1.70. The first-order valence-electron chi connectivity index (χ1n) is 6.81. The molecule has 0 unspecified atom stereocenters. The number of ether oxygens (including phenoxy) is 1. The molecule has 5 nitrogen and oxygen atoms in total. The van der Waals surface area contributed by atoms with Crippen LogP contribution in [0.15, 0.2) is 55.0 Å². The van der Waals surface area contributed by atoms with Crippen molar-refractivity contribution in [1.29, 1.82) is 0 Å². The van der Waals surface area contributed by atoms with Crippen LogP contribution in [0.2, 0.25) is 0 Å². The predicted molar refractivity (Wildman–Crippen MR) is 91.8 cm³/mol. The lowest BCUT2D eigenvalue weighted by Gasteiger charge is -2.12. The highest BCUT2D eigenvalue weighted by atomic mass is 79.9. The van der Waals surface area contributed by atoms with E-state index in [2.05, 4.69) is 25.4 Å². The van der Waals surface area contributed by atoms with Crippen molar-refractivity contribution in [3.8, 4) is 5.75 Å². The Bertz CT molecular complexity index is 984. The third kappa shape index (κ3) is 4.13. The Morgan fingerprint density at radius 1 is 1.24 bits per heavy atom. The number of hydrogen-bond acceptors (Lipinski definition) is 5. The number of nitrogens with one attached hydrogen (secondary N) is 1. The van der Waals surface area contributed by atoms with Gasteiger partial charge in [0.1, 0.15) is 5.75 Å². The van der Waals surface area contributed by atoms with Gasteiger partial charge in [0.15, 0.2) is 5.58 Å². The van der Waals surface area contributed by atoms with E-state index in [1.807, 2.05) is 0 Å². The second kappa shape index (κ2) is 6.68. The highest BCUT2D eigenvalue weighted by molar-refractivity contribution is 9.10. The normalized spacial score (nSPS) is 11.7. The molecule has 0 fully saturated rings. The molecule has 0 saturated carbocycles. The summed E-state index contributed by atoms with van der Waals surface area (Å²) in [5.74, 6) is -0.773. The fraction of sp³-hybridized carbons (Fsp3) is 0.133. The average Bonchev–Trinajstić information content (AvgIpc) is 2.81. The second-order valence-electron chi connectivity index (χ2n) is 4.95. The van der Waals surface area contributed by atoms with E-state index in [1.54, 1.807) is 25.2 Å². The van der Waals surface area contributed by atoms with Gasteiger partial charge >= 0.3 is 12.1 Å². The van der Waals surface area contributed by atoms with Crippen LogP contribution in [0, 0.1) is 0 Å². The number of oxazole rings is 1. The molecule has 0 amide bonds. The first kappa shape index (κ1) is 17.7. The van der Waals surface area contributed by atoms with Gasteiger partial charge < -0.3 is 13.9 Å². The second-order valence-corrected chi connectivity index (χ2v) is 6.69. The standard InChI is InChI=1S/C15H10BrF3N2O3S/c1-21-11-4-3-9(7-13(11)23-14(21)22)25-20-8-2-5-12(10(16)6-8)24-15(17,18)19/h2-7,20H,1H3. The average molecular weight is 435 g/mol. The van der Waals surface area contributed by atoms with Crippen LogP contribution >= 0.6 is 27.9 Å². The number of halogens is 4. The minimum absolute atomic E-state index is 0.167. The SMILES string of the molecule is Cn1c(=O)oc2cc(SNc3ccc(OC(F)(F)F)c(Br)c3)ccc21. The zero-order valence-electron chi connectivity index (χ0n) is 12.6. The summed E-state index contributed by atoms with van der Waals surface area (Å²) in [6, 6.07) is 9.38. The molecule has 0 aliphatic carbocycles. The minimum Gasteiger partial charge on any atom is -0.408 e. The molecule has 0 bridgehead atoms. The molecule has 3 aromatic rings. The van der Waals surface area contributed by atoms with Gasteiger partial charge in [0.25, 0.3) is 0 Å². The van der Waals surface area contributed by atoms with Gasteiger partial charge in [-0.15, -0.1) is 13.2 Å². The van der Waals surface area contributed by atoms with E-state index >= 15 is 0 Å². The summed E-state index contributed by atoms with van der Waals surface area (Å²) in [6.45, 7) is 0. The Morgan fingerprint density at radius 2 is 2.00 bits per heavy atom. The van der Waals surface area contributed by atoms with Crippen molar-refractivity contribution in [3.63, 3.8) is 0 Å². The molecule has 25 heavy (non-hydrogen) atoms. The maximum absolute atomic E-state index is 12.3. The van der Waals surface area contributed by atoms with Crippen molar-refractivity contribution in [2.75, 3.05) is 4.72 Å². The van der Waals surface area contributed by atoms with E-state index in [4.69, 9.17) is 4.42 Å². The van der Waals surface area contributed by atoms with Crippen LogP contribution in [0.1, 0.15) is 0 Å². The van der Waals surface area contributed by atoms with Crippen LogP contribution in [-0.2, 0) is 7.05 Å². The predicted octanol–water partition coefficient (Wildman–Crippen LogP) is 4.91. The molecule has 0 radical (unpaired) electrons. The number of alkyl halides is 3. The number of aryl methyl sites for hydroxylation is 1. The van der Waals surface area contributed by atoms with Crippen molar-refractivity contribution in [2.24, 2.45) is 7.05 Å². The molecule has 1 N–H and O–H groups in total. The van der Waals surface area contributed by atoms with Crippen molar-refractivity contribution in [1.82, 2.24) is 4.57 Å². The van der Waals surface area contributed by atoms with E-state index in [0.29, 0.717) is 16.8 Å². The molecule has 0 atom stereocenters. The Hall–Kier alpha value is -2.07. The number of benzene rings is 2. The molecule has 0 aliphatic heterocycles. The van der Waals surface area contributed by atoms with Crippen LogP contribution in [0.5, 0.6) is 5.75 Å². The maximum atomic E-state index is 12.3. The fourth-order valence-electron chi connectivity index (χ4n) is 2.07. The summed E-state index contributed by atoms with van der Waals surface area (Å²) in [7, 11) is 1.61. The van der Waals surface area contributed by atoms with Gasteiger partial charge in [-0.25, -0.2) is 4.79 Å². The largest absolute Gasteiger partial charge is 0.573 e. The zero-order chi connectivity index (χ0) is 18.2. The summed E-state index contributed by atoms with van der Waals surface area (Å²) in [5, 5.41) is 0. The molecule has 3 rings (SSSR count). The lowest BCUT2D eigenvalue weighted by molar-refractivity contribution is -0.274. The summed E-state index contributed by atoms with van der Waals surface area (Å²) >= 11 is 4.27. The molecule has 10 heteroatoms. The maximum Gasteiger partial charge on any atom is 0.573 e. The van der Waals surface area contributed by atoms with Crippen molar-refractivity contribution in [2.45, 2.75) is 11.3 Å². The topological polar surface area (TPSA) is 56.4 Å². The van der Waals surface area contributed by atoms with E-state index in [9.17, 15) is 18.0 Å². The Balaban J connectivity index is 1.73. The molecule has 0 saturated heterocycles. The third-order valence-electron chi connectivity index (χ3n) is 3.21. The molecule has 2 aromatic carbocycles. The number of fused-ring (bicyclic) bond motifs is 1. The Kier molecular flexibility index (Phi) is 4.74. The number of rotatable bonds is 4. The van der Waals surface area contributed by atoms with Crippen molar-refractivity contribution >= 4 is 44.7 Å². The smallest absolute Gasteiger partial charge is 0.408 e. The van der Waals surface area contributed by atoms with Gasteiger partial charge in [0.2, 0.25) is 0 Å². The van der Waals surface area contributed by atoms with Gasteiger partial charge in [0, 0.05) is 17.6 Å². The van der Waals surface area contributed by atoms with Gasteiger partial charge in [-0.05, 0) is 64.3 Å². The quantitative estimate of drug-likeness (QED) is 0.591. The van der Waals surface area contributed by atoms with E-state index in [1.165, 1.54) is 34.7 Å². The molecule has 0 spiro atoms. The summed E-state index contributed by atoms with van der Waals surface area (Å²) < 4.78 is 50.3. The first-order chi connectivity index (χ1) is 11.7. The highest BCUT2D eigenvalue weighted by Gasteiger charge is 2.31. The van der Waals surface area contributed by atoms with Crippen LogP contribution in [0.25, 0.3) is 11.1 Å². The monoisotopic (exact) mass is 434 g/mol. The van der Waals surface area contributed by atoms with Crippen LogP contribution in [0.4, 0.5) is 18.9 Å². The van der Waals surface area contributed by atoms with E-state index in [0.717, 1.165) is 4.90 Å². The van der Waals surface area contributed by atoms with Crippen LogP contribution in [-0.4, -0.2) is 10.9 Å². The molecular formula is C15H10BrF3N2O3S. The first-order valence-corrected chi connectivity index (χ1v) is 8.41. The molecule has 132 valence electrons. The third-order valence-corrected chi connectivity index (χ3v) is 4.66. The fourth-order valence-corrected chi connectivity index (χ4v) is 3.19. The molecule has 1 heterocycles. The number of anilines is 1. The van der Waals surface area contributed by atoms with Crippen molar-refractivity contribution in [3.05, 3.63) is 51.4 Å². The van der Waals surface area contributed by atoms with Gasteiger partial charge in [-0.3, -0.25) is 4.57 Å². The van der Waals surface area contributed by atoms with Crippen LogP contribution < -0.4 is 15.2 Å². The highest BCUT2D eigenvalue weighted by Crippen LogP contribution is 2.34. The van der Waals surface area contributed by atoms with E-state index in [-0.39, 0.29) is 10.2 Å². The number of hydrogen-bond donors (Lipinski definition) is 1. The number of aromatic nitrogens is 1. The zero-order valence-corrected chi connectivity index (χ0v) is 15.0. The lowest BCUT2D eigenvalue weighted by Crippen LogP contribution is -2.17. The Morgan fingerprint density at radius 3 is 2.68 bits per heavy atom. The summed E-state index contributed by atoms with van der Waals surface area (Å²) in [6.07, 6.45) is -4.75. The molecular weight excluding hydrogens is 425 g/mol.